The second-order valence-corrected chi connectivity index (χ2v) is 8.16. The van der Waals surface area contributed by atoms with Gasteiger partial charge in [-0.15, -0.1) is 0 Å². The summed E-state index contributed by atoms with van der Waals surface area (Å²) >= 11 is 10.1. The quantitative estimate of drug-likeness (QED) is 0.508. The number of aryl methyl sites for hydroxylation is 1. The summed E-state index contributed by atoms with van der Waals surface area (Å²) in [4.78, 5) is 14.9. The highest BCUT2D eigenvalue weighted by molar-refractivity contribution is 9.10. The Labute approximate surface area is 170 Å². The fraction of sp³-hybridized carbons (Fsp3) is 0.158. The predicted molar refractivity (Wildman–Crippen MR) is 114 cm³/mol. The van der Waals surface area contributed by atoms with E-state index in [4.69, 9.17) is 17.0 Å². The van der Waals surface area contributed by atoms with Crippen LogP contribution < -0.4 is 9.64 Å². The molecule has 3 rings (SSSR count). The van der Waals surface area contributed by atoms with E-state index in [-0.39, 0.29) is 11.7 Å². The lowest BCUT2D eigenvalue weighted by Gasteiger charge is -2.14. The van der Waals surface area contributed by atoms with Gasteiger partial charge in [-0.05, 0) is 55.3 Å². The van der Waals surface area contributed by atoms with Crippen molar-refractivity contribution >= 4 is 61.9 Å². The van der Waals surface area contributed by atoms with Crippen LogP contribution in [0.1, 0.15) is 18.1 Å². The first-order chi connectivity index (χ1) is 12.4. The molecule has 1 aliphatic heterocycles. The number of carbonyl (C=O) groups is 1. The van der Waals surface area contributed by atoms with Crippen molar-refractivity contribution in [3.63, 3.8) is 0 Å². The Balaban J connectivity index is 1.97. The Kier molecular flexibility index (Phi) is 5.70. The average molecular weight is 450 g/mol. The second-order valence-electron chi connectivity index (χ2n) is 5.63. The summed E-state index contributed by atoms with van der Waals surface area (Å²) in [5, 5.41) is 9.94. The Morgan fingerprint density at radius 2 is 2.12 bits per heavy atom. The Morgan fingerprint density at radius 3 is 2.81 bits per heavy atom. The van der Waals surface area contributed by atoms with Crippen molar-refractivity contribution in [2.75, 3.05) is 11.5 Å². The van der Waals surface area contributed by atoms with Crippen molar-refractivity contribution in [2.24, 2.45) is 0 Å². The molecule has 7 heteroatoms. The Bertz CT molecular complexity index is 927. The SMILES string of the molecule is CCOc1cc(/C=C2/SC(=S)N(c3cccc(C)c3)C2=O)c(Br)cc1O. The van der Waals surface area contributed by atoms with Gasteiger partial charge in [0.1, 0.15) is 0 Å². The van der Waals surface area contributed by atoms with Gasteiger partial charge in [-0.3, -0.25) is 9.69 Å². The van der Waals surface area contributed by atoms with Gasteiger partial charge in [0.25, 0.3) is 5.91 Å². The number of amides is 1. The average Bonchev–Trinajstić information content (AvgIpc) is 2.86. The van der Waals surface area contributed by atoms with Crippen LogP contribution in [-0.2, 0) is 4.79 Å². The number of rotatable bonds is 4. The van der Waals surface area contributed by atoms with Gasteiger partial charge < -0.3 is 9.84 Å². The molecule has 134 valence electrons. The maximum absolute atomic E-state index is 12.9. The molecule has 0 atom stereocenters. The standard InChI is InChI=1S/C19H16BrNO3S2/c1-3-24-16-8-12(14(20)10-15(16)22)9-17-18(23)21(19(25)26-17)13-6-4-5-11(2)7-13/h4-10,22H,3H2,1-2H3/b17-9+. The number of phenols is 1. The fourth-order valence-corrected chi connectivity index (χ4v) is 4.27. The van der Waals surface area contributed by atoms with Gasteiger partial charge in [0.15, 0.2) is 15.8 Å². The number of carbonyl (C=O) groups excluding carboxylic acids is 1. The molecule has 0 saturated carbocycles. The Hall–Kier alpha value is -1.83. The molecule has 0 bridgehead atoms. The highest BCUT2D eigenvalue weighted by Crippen LogP contribution is 2.39. The van der Waals surface area contributed by atoms with Crippen LogP contribution in [0.2, 0.25) is 0 Å². The van der Waals surface area contributed by atoms with Crippen molar-refractivity contribution in [2.45, 2.75) is 13.8 Å². The minimum absolute atomic E-state index is 0.0446. The van der Waals surface area contributed by atoms with E-state index in [1.807, 2.05) is 38.1 Å². The van der Waals surface area contributed by atoms with Crippen LogP contribution in [0.3, 0.4) is 0 Å². The molecule has 1 saturated heterocycles. The molecule has 1 fully saturated rings. The van der Waals surface area contributed by atoms with E-state index < -0.39 is 0 Å². The van der Waals surface area contributed by atoms with E-state index in [1.165, 1.54) is 16.7 Å². The number of thioether (sulfide) groups is 1. The summed E-state index contributed by atoms with van der Waals surface area (Å²) in [7, 11) is 0. The molecule has 26 heavy (non-hydrogen) atoms. The van der Waals surface area contributed by atoms with Gasteiger partial charge in [-0.2, -0.15) is 0 Å². The lowest BCUT2D eigenvalue weighted by molar-refractivity contribution is -0.113. The van der Waals surface area contributed by atoms with Crippen molar-refractivity contribution in [1.82, 2.24) is 0 Å². The number of anilines is 1. The lowest BCUT2D eigenvalue weighted by Crippen LogP contribution is -2.27. The van der Waals surface area contributed by atoms with Crippen LogP contribution >= 0.6 is 39.9 Å². The number of hydrogen-bond donors (Lipinski definition) is 1. The molecule has 2 aromatic rings. The first kappa shape index (κ1) is 18.9. The van der Waals surface area contributed by atoms with E-state index >= 15 is 0 Å². The zero-order valence-corrected chi connectivity index (χ0v) is 17.4. The summed E-state index contributed by atoms with van der Waals surface area (Å²) < 4.78 is 6.58. The van der Waals surface area contributed by atoms with Gasteiger partial charge in [-0.1, -0.05) is 52.0 Å². The number of halogens is 1. The van der Waals surface area contributed by atoms with Crippen molar-refractivity contribution in [3.05, 3.63) is 56.9 Å². The van der Waals surface area contributed by atoms with Gasteiger partial charge in [-0.25, -0.2) is 0 Å². The van der Waals surface area contributed by atoms with Crippen molar-refractivity contribution in [3.8, 4) is 11.5 Å². The second kappa shape index (κ2) is 7.82. The van der Waals surface area contributed by atoms with E-state index in [0.29, 0.717) is 26.1 Å². The van der Waals surface area contributed by atoms with E-state index in [0.717, 1.165) is 16.8 Å². The monoisotopic (exact) mass is 449 g/mol. The van der Waals surface area contributed by atoms with Gasteiger partial charge in [0.2, 0.25) is 0 Å². The molecular formula is C19H16BrNO3S2. The molecule has 0 aliphatic carbocycles. The minimum Gasteiger partial charge on any atom is -0.504 e. The van der Waals surface area contributed by atoms with Crippen molar-refractivity contribution in [1.29, 1.82) is 0 Å². The number of aromatic hydroxyl groups is 1. The summed E-state index contributed by atoms with van der Waals surface area (Å²) in [6.07, 6.45) is 1.75. The molecule has 0 radical (unpaired) electrons. The highest BCUT2D eigenvalue weighted by atomic mass is 79.9. The zero-order valence-electron chi connectivity index (χ0n) is 14.2. The maximum atomic E-state index is 12.9. The van der Waals surface area contributed by atoms with Crippen molar-refractivity contribution < 1.29 is 14.6 Å². The first-order valence-corrected chi connectivity index (χ1v) is 9.92. The van der Waals surface area contributed by atoms with Gasteiger partial charge in [0, 0.05) is 4.47 Å². The third kappa shape index (κ3) is 3.79. The summed E-state index contributed by atoms with van der Waals surface area (Å²) in [5.41, 5.74) is 2.55. The van der Waals surface area contributed by atoms with Crippen LogP contribution in [0, 0.1) is 6.92 Å². The van der Waals surface area contributed by atoms with E-state index in [1.54, 1.807) is 18.2 Å². The fourth-order valence-electron chi connectivity index (χ4n) is 2.54. The molecule has 0 spiro atoms. The van der Waals surface area contributed by atoms with Crippen LogP contribution in [0.4, 0.5) is 5.69 Å². The predicted octanol–water partition coefficient (Wildman–Crippen LogP) is 5.27. The summed E-state index contributed by atoms with van der Waals surface area (Å²) in [6.45, 7) is 4.25. The Morgan fingerprint density at radius 1 is 1.35 bits per heavy atom. The number of benzene rings is 2. The third-order valence-corrected chi connectivity index (χ3v) is 5.71. The molecule has 4 nitrogen and oxygen atoms in total. The molecule has 0 unspecified atom stereocenters. The van der Waals surface area contributed by atoms with Crippen LogP contribution in [0.15, 0.2) is 45.8 Å². The first-order valence-electron chi connectivity index (χ1n) is 7.90. The van der Waals surface area contributed by atoms with E-state index in [2.05, 4.69) is 15.9 Å². The normalized spacial score (nSPS) is 15.8. The van der Waals surface area contributed by atoms with E-state index in [9.17, 15) is 9.90 Å². The largest absolute Gasteiger partial charge is 0.504 e. The maximum Gasteiger partial charge on any atom is 0.270 e. The number of phenolic OH excluding ortho intramolecular Hbond substituents is 1. The molecule has 1 heterocycles. The molecule has 1 N–H and O–H groups in total. The van der Waals surface area contributed by atoms with Crippen LogP contribution in [0.25, 0.3) is 6.08 Å². The van der Waals surface area contributed by atoms with Gasteiger partial charge >= 0.3 is 0 Å². The van der Waals surface area contributed by atoms with Gasteiger partial charge in [0.05, 0.1) is 17.2 Å². The molecule has 0 aromatic heterocycles. The number of nitrogens with zero attached hydrogens (tertiary/aromatic N) is 1. The summed E-state index contributed by atoms with van der Waals surface area (Å²) in [5.74, 6) is 0.253. The smallest absolute Gasteiger partial charge is 0.270 e. The third-order valence-electron chi connectivity index (χ3n) is 3.72. The topological polar surface area (TPSA) is 49.8 Å². The molecular weight excluding hydrogens is 434 g/mol. The minimum atomic E-state index is -0.163. The van der Waals surface area contributed by atoms with Crippen LogP contribution in [0.5, 0.6) is 11.5 Å². The molecule has 2 aromatic carbocycles. The lowest BCUT2D eigenvalue weighted by atomic mass is 10.1. The summed E-state index contributed by atoms with van der Waals surface area (Å²) in [6, 6.07) is 10.9. The number of hydrogen-bond acceptors (Lipinski definition) is 5. The number of ether oxygens (including phenoxy) is 1. The molecule has 1 amide bonds. The van der Waals surface area contributed by atoms with Crippen LogP contribution in [-0.4, -0.2) is 21.9 Å². The number of thiocarbonyl (C=S) groups is 1. The molecule has 1 aliphatic rings. The highest BCUT2D eigenvalue weighted by Gasteiger charge is 2.33. The zero-order chi connectivity index (χ0) is 18.8.